The average molecular weight is 213 g/mol. The first-order chi connectivity index (χ1) is 6.93. The molecule has 1 rings (SSSR count). The molecule has 0 heterocycles. The monoisotopic (exact) mass is 213 g/mol. The Bertz CT molecular complexity index is 419. The van der Waals surface area contributed by atoms with Crippen LogP contribution in [0.4, 0.5) is 10.1 Å². The molecule has 0 aliphatic carbocycles. The first-order valence-corrected chi connectivity index (χ1v) is 4.10. The van der Waals surface area contributed by atoms with E-state index in [4.69, 9.17) is 5.11 Å². The van der Waals surface area contributed by atoms with Gasteiger partial charge in [0.05, 0.1) is 16.9 Å². The van der Waals surface area contributed by atoms with E-state index in [1.165, 1.54) is 6.92 Å². The van der Waals surface area contributed by atoms with Gasteiger partial charge >= 0.3 is 5.97 Å². The van der Waals surface area contributed by atoms with Crippen LogP contribution in [0.5, 0.6) is 0 Å². The summed E-state index contributed by atoms with van der Waals surface area (Å²) < 4.78 is 13.3. The van der Waals surface area contributed by atoms with E-state index >= 15 is 0 Å². The number of nitrogens with zero attached hydrogens (tertiary/aromatic N) is 1. The lowest BCUT2D eigenvalue weighted by molar-refractivity contribution is -0.385. The van der Waals surface area contributed by atoms with E-state index < -0.39 is 28.3 Å². The summed E-state index contributed by atoms with van der Waals surface area (Å²) in [6.07, 6.45) is 0. The molecule has 0 aliphatic heterocycles. The van der Waals surface area contributed by atoms with Crippen LogP contribution in [-0.4, -0.2) is 16.0 Å². The highest BCUT2D eigenvalue weighted by atomic mass is 19.1. The molecule has 1 aromatic rings. The average Bonchev–Trinajstić information content (AvgIpc) is 2.16. The Morgan fingerprint density at radius 2 is 2.20 bits per heavy atom. The van der Waals surface area contributed by atoms with Crippen LogP contribution >= 0.6 is 0 Å². The van der Waals surface area contributed by atoms with Crippen molar-refractivity contribution in [2.24, 2.45) is 0 Å². The van der Waals surface area contributed by atoms with E-state index in [2.05, 4.69) is 0 Å². The SMILES string of the molecule is C[C@H](C(=O)O)c1ccc([N+](=O)[O-])cc1F. The van der Waals surface area contributed by atoms with E-state index in [1.807, 2.05) is 0 Å². The van der Waals surface area contributed by atoms with Gasteiger partial charge in [0.1, 0.15) is 5.82 Å². The number of non-ortho nitro benzene ring substituents is 1. The molecule has 0 unspecified atom stereocenters. The Balaban J connectivity index is 3.13. The van der Waals surface area contributed by atoms with Crippen LogP contribution in [0.2, 0.25) is 0 Å². The minimum atomic E-state index is -1.18. The summed E-state index contributed by atoms with van der Waals surface area (Å²) in [7, 11) is 0. The maximum absolute atomic E-state index is 13.3. The summed E-state index contributed by atoms with van der Waals surface area (Å²) in [5.41, 5.74) is -0.457. The smallest absolute Gasteiger partial charge is 0.310 e. The lowest BCUT2D eigenvalue weighted by Crippen LogP contribution is -2.09. The lowest BCUT2D eigenvalue weighted by Gasteiger charge is -2.06. The standard InChI is InChI=1S/C9H8FNO4/c1-5(9(12)13)7-3-2-6(11(14)15)4-8(7)10/h2-5H,1H3,(H,12,13)/t5-/m0/s1. The number of halogens is 1. The number of nitro benzene ring substituents is 1. The fourth-order valence-electron chi connectivity index (χ4n) is 1.11. The van der Waals surface area contributed by atoms with E-state index in [9.17, 15) is 19.3 Å². The molecule has 0 amide bonds. The summed E-state index contributed by atoms with van der Waals surface area (Å²) in [5, 5.41) is 18.9. The number of carbonyl (C=O) groups is 1. The van der Waals surface area contributed by atoms with Crippen molar-refractivity contribution in [3.05, 3.63) is 39.7 Å². The number of nitro groups is 1. The predicted octanol–water partition coefficient (Wildman–Crippen LogP) is 1.92. The molecule has 80 valence electrons. The molecule has 5 nitrogen and oxygen atoms in total. The van der Waals surface area contributed by atoms with Crippen molar-refractivity contribution in [2.75, 3.05) is 0 Å². The minimum Gasteiger partial charge on any atom is -0.481 e. The molecule has 0 aliphatic rings. The second-order valence-corrected chi connectivity index (χ2v) is 3.02. The Morgan fingerprint density at radius 3 is 2.60 bits per heavy atom. The Morgan fingerprint density at radius 1 is 1.60 bits per heavy atom. The van der Waals surface area contributed by atoms with Gasteiger partial charge in [0, 0.05) is 11.6 Å². The van der Waals surface area contributed by atoms with Crippen molar-refractivity contribution in [1.29, 1.82) is 0 Å². The maximum Gasteiger partial charge on any atom is 0.310 e. The first kappa shape index (κ1) is 11.1. The number of hydrogen-bond donors (Lipinski definition) is 1. The molecule has 0 saturated heterocycles. The highest BCUT2D eigenvalue weighted by Crippen LogP contribution is 2.23. The van der Waals surface area contributed by atoms with Gasteiger partial charge < -0.3 is 5.11 Å². The molecule has 6 heteroatoms. The molecule has 0 saturated carbocycles. The molecule has 1 atom stereocenters. The fourth-order valence-corrected chi connectivity index (χ4v) is 1.11. The summed E-state index contributed by atoms with van der Waals surface area (Å²) in [6, 6.07) is 2.92. The zero-order valence-electron chi connectivity index (χ0n) is 7.81. The highest BCUT2D eigenvalue weighted by molar-refractivity contribution is 5.75. The van der Waals surface area contributed by atoms with Crippen molar-refractivity contribution in [1.82, 2.24) is 0 Å². The van der Waals surface area contributed by atoms with Crippen molar-refractivity contribution < 1.29 is 19.2 Å². The van der Waals surface area contributed by atoms with Gasteiger partial charge in [-0.2, -0.15) is 0 Å². The normalized spacial score (nSPS) is 12.1. The third-order valence-electron chi connectivity index (χ3n) is 2.03. The second kappa shape index (κ2) is 4.04. The zero-order chi connectivity index (χ0) is 11.6. The Kier molecular flexibility index (Phi) is 2.99. The zero-order valence-corrected chi connectivity index (χ0v) is 7.81. The van der Waals surface area contributed by atoms with Crippen LogP contribution in [0.3, 0.4) is 0 Å². The Labute approximate surface area is 84.3 Å². The van der Waals surface area contributed by atoms with Gasteiger partial charge in [0.2, 0.25) is 0 Å². The largest absolute Gasteiger partial charge is 0.481 e. The number of rotatable bonds is 3. The fraction of sp³-hybridized carbons (Fsp3) is 0.222. The molecular formula is C9H8FNO4. The predicted molar refractivity (Wildman–Crippen MR) is 49.1 cm³/mol. The molecule has 0 bridgehead atoms. The van der Waals surface area contributed by atoms with Gasteiger partial charge in [-0.15, -0.1) is 0 Å². The molecule has 0 spiro atoms. The number of hydrogen-bond acceptors (Lipinski definition) is 3. The van der Waals surface area contributed by atoms with Gasteiger partial charge in [-0.05, 0) is 13.0 Å². The number of aliphatic carboxylic acids is 1. The van der Waals surface area contributed by atoms with E-state index in [0.29, 0.717) is 0 Å². The van der Waals surface area contributed by atoms with Gasteiger partial charge in [-0.25, -0.2) is 4.39 Å². The van der Waals surface area contributed by atoms with Crippen molar-refractivity contribution in [3.63, 3.8) is 0 Å². The number of carboxylic acids is 1. The summed E-state index contributed by atoms with van der Waals surface area (Å²) in [4.78, 5) is 20.1. The van der Waals surface area contributed by atoms with E-state index in [0.717, 1.165) is 18.2 Å². The molecule has 0 radical (unpaired) electrons. The molecule has 1 N–H and O–H groups in total. The number of benzene rings is 1. The lowest BCUT2D eigenvalue weighted by atomic mass is 10.0. The van der Waals surface area contributed by atoms with Crippen LogP contribution in [0, 0.1) is 15.9 Å². The summed E-state index contributed by atoms with van der Waals surface area (Å²) >= 11 is 0. The topological polar surface area (TPSA) is 80.4 Å². The third kappa shape index (κ3) is 2.28. The van der Waals surface area contributed by atoms with Crippen molar-refractivity contribution in [2.45, 2.75) is 12.8 Å². The van der Waals surface area contributed by atoms with Gasteiger partial charge in [0.15, 0.2) is 0 Å². The van der Waals surface area contributed by atoms with Gasteiger partial charge in [-0.3, -0.25) is 14.9 Å². The molecule has 15 heavy (non-hydrogen) atoms. The Hall–Kier alpha value is -1.98. The second-order valence-electron chi connectivity index (χ2n) is 3.02. The molecule has 1 aromatic carbocycles. The van der Waals surface area contributed by atoms with Gasteiger partial charge in [-0.1, -0.05) is 0 Å². The summed E-state index contributed by atoms with van der Waals surface area (Å²) in [6.45, 7) is 1.31. The summed E-state index contributed by atoms with van der Waals surface area (Å²) in [5.74, 6) is -3.08. The van der Waals surface area contributed by atoms with Crippen LogP contribution in [-0.2, 0) is 4.79 Å². The van der Waals surface area contributed by atoms with Crippen LogP contribution in [0.15, 0.2) is 18.2 Å². The maximum atomic E-state index is 13.3. The quantitative estimate of drug-likeness (QED) is 0.614. The third-order valence-corrected chi connectivity index (χ3v) is 2.03. The van der Waals surface area contributed by atoms with Crippen LogP contribution < -0.4 is 0 Å². The van der Waals surface area contributed by atoms with Crippen LogP contribution in [0.1, 0.15) is 18.4 Å². The molecular weight excluding hydrogens is 205 g/mol. The van der Waals surface area contributed by atoms with Gasteiger partial charge in [0.25, 0.3) is 5.69 Å². The van der Waals surface area contributed by atoms with Crippen molar-refractivity contribution >= 4 is 11.7 Å². The highest BCUT2D eigenvalue weighted by Gasteiger charge is 2.19. The molecule has 0 aromatic heterocycles. The molecule has 0 fully saturated rings. The first-order valence-electron chi connectivity index (χ1n) is 4.10. The van der Waals surface area contributed by atoms with E-state index in [-0.39, 0.29) is 5.56 Å². The van der Waals surface area contributed by atoms with Crippen molar-refractivity contribution in [3.8, 4) is 0 Å². The minimum absolute atomic E-state index is 0.0619. The van der Waals surface area contributed by atoms with E-state index in [1.54, 1.807) is 0 Å². The number of carboxylic acid groups (broad SMARTS) is 1. The van der Waals surface area contributed by atoms with Crippen LogP contribution in [0.25, 0.3) is 0 Å².